The number of aromatic nitrogens is 2. The van der Waals surface area contributed by atoms with Crippen LogP contribution in [-0.2, 0) is 19.5 Å². The first kappa shape index (κ1) is 21.9. The highest BCUT2D eigenvalue weighted by Crippen LogP contribution is 2.31. The number of benzene rings is 2. The maximum absolute atomic E-state index is 5.74. The van der Waals surface area contributed by atoms with Crippen LogP contribution in [0.1, 0.15) is 30.7 Å². The number of methoxy groups -OCH3 is 2. The van der Waals surface area contributed by atoms with E-state index in [0.29, 0.717) is 11.7 Å². The normalized spacial score (nSPS) is 13.5. The zero-order chi connectivity index (χ0) is 22.5. The van der Waals surface area contributed by atoms with Gasteiger partial charge in [-0.1, -0.05) is 12.1 Å². The van der Waals surface area contributed by atoms with Crippen LogP contribution >= 0.6 is 0 Å². The Morgan fingerprint density at radius 3 is 2.53 bits per heavy atom. The molecule has 0 saturated heterocycles. The number of anilines is 2. The Morgan fingerprint density at radius 1 is 1.03 bits per heavy atom. The zero-order valence-corrected chi connectivity index (χ0v) is 19.1. The first-order chi connectivity index (χ1) is 15.5. The minimum atomic E-state index is 0.185. The molecule has 0 aliphatic carbocycles. The molecule has 168 valence electrons. The molecule has 0 atom stereocenters. The van der Waals surface area contributed by atoms with Crippen molar-refractivity contribution in [3.8, 4) is 17.2 Å². The van der Waals surface area contributed by atoms with Crippen LogP contribution in [0, 0.1) is 0 Å². The minimum absolute atomic E-state index is 0.185. The van der Waals surface area contributed by atoms with Gasteiger partial charge in [-0.15, -0.1) is 0 Å². The van der Waals surface area contributed by atoms with Crippen LogP contribution in [0.5, 0.6) is 17.2 Å². The van der Waals surface area contributed by atoms with E-state index in [1.165, 1.54) is 11.1 Å². The monoisotopic (exact) mass is 434 g/mol. The number of nitrogens with zero attached hydrogens (tertiary/aromatic N) is 3. The fourth-order valence-electron chi connectivity index (χ4n) is 3.80. The lowest BCUT2D eigenvalue weighted by Gasteiger charge is -2.28. The lowest BCUT2D eigenvalue weighted by Crippen LogP contribution is -2.31. The predicted octanol–water partition coefficient (Wildman–Crippen LogP) is 4.58. The van der Waals surface area contributed by atoms with Crippen molar-refractivity contribution in [2.45, 2.75) is 39.5 Å². The standard InChI is InChI=1S/C25H30N4O3/c1-17(2)32-20-7-5-18(6-8-20)15-29-12-11-22-19(16-29)14-26-25(27-22)28-23-10-9-21(30-3)13-24(23)31-4/h5-10,13-14,17H,11-12,15-16H2,1-4H3,(H,26,27,28). The summed E-state index contributed by atoms with van der Waals surface area (Å²) in [6.07, 6.45) is 3.00. The summed E-state index contributed by atoms with van der Waals surface area (Å²) < 4.78 is 16.5. The van der Waals surface area contributed by atoms with Gasteiger partial charge in [-0.05, 0) is 43.7 Å². The van der Waals surface area contributed by atoms with E-state index in [2.05, 4.69) is 27.3 Å². The van der Waals surface area contributed by atoms with E-state index in [-0.39, 0.29) is 6.10 Å². The third kappa shape index (κ3) is 5.29. The Morgan fingerprint density at radius 2 is 1.81 bits per heavy atom. The van der Waals surface area contributed by atoms with Crippen LogP contribution in [0.3, 0.4) is 0 Å². The first-order valence-electron chi connectivity index (χ1n) is 10.9. The van der Waals surface area contributed by atoms with Gasteiger partial charge in [0.15, 0.2) is 0 Å². The van der Waals surface area contributed by atoms with E-state index in [1.807, 2.05) is 50.4 Å². The average Bonchev–Trinajstić information content (AvgIpc) is 2.80. The summed E-state index contributed by atoms with van der Waals surface area (Å²) in [6, 6.07) is 14.0. The van der Waals surface area contributed by atoms with Crippen molar-refractivity contribution in [1.29, 1.82) is 0 Å². The number of ether oxygens (including phenoxy) is 3. The molecule has 0 spiro atoms. The van der Waals surface area contributed by atoms with Crippen molar-refractivity contribution in [3.05, 3.63) is 65.5 Å². The molecule has 0 amide bonds. The van der Waals surface area contributed by atoms with Crippen molar-refractivity contribution in [2.75, 3.05) is 26.1 Å². The Bertz CT molecular complexity index is 1050. The van der Waals surface area contributed by atoms with Crippen LogP contribution in [0.2, 0.25) is 0 Å². The highest BCUT2D eigenvalue weighted by Gasteiger charge is 2.19. The summed E-state index contributed by atoms with van der Waals surface area (Å²) in [5.41, 5.74) is 4.33. The Labute approximate surface area is 189 Å². The summed E-state index contributed by atoms with van der Waals surface area (Å²) in [5, 5.41) is 3.27. The summed E-state index contributed by atoms with van der Waals surface area (Å²) in [4.78, 5) is 11.7. The smallest absolute Gasteiger partial charge is 0.227 e. The van der Waals surface area contributed by atoms with Gasteiger partial charge in [0.05, 0.1) is 31.7 Å². The number of hydrogen-bond acceptors (Lipinski definition) is 7. The molecule has 32 heavy (non-hydrogen) atoms. The van der Waals surface area contributed by atoms with E-state index >= 15 is 0 Å². The second-order valence-corrected chi connectivity index (χ2v) is 8.13. The van der Waals surface area contributed by atoms with Crippen molar-refractivity contribution in [1.82, 2.24) is 14.9 Å². The molecule has 0 unspecified atom stereocenters. The summed E-state index contributed by atoms with van der Waals surface area (Å²) in [5.74, 6) is 2.90. The molecule has 7 nitrogen and oxygen atoms in total. The molecule has 2 aromatic carbocycles. The molecular weight excluding hydrogens is 404 g/mol. The average molecular weight is 435 g/mol. The highest BCUT2D eigenvalue weighted by molar-refractivity contribution is 5.64. The molecule has 0 radical (unpaired) electrons. The molecule has 7 heteroatoms. The van der Waals surface area contributed by atoms with Crippen LogP contribution < -0.4 is 19.5 Å². The molecule has 0 saturated carbocycles. The zero-order valence-electron chi connectivity index (χ0n) is 19.1. The van der Waals surface area contributed by atoms with Gasteiger partial charge in [-0.2, -0.15) is 0 Å². The van der Waals surface area contributed by atoms with E-state index in [9.17, 15) is 0 Å². The summed E-state index contributed by atoms with van der Waals surface area (Å²) in [6.45, 7) is 6.76. The fraction of sp³-hybridized carbons (Fsp3) is 0.360. The number of rotatable bonds is 8. The van der Waals surface area contributed by atoms with Gasteiger partial charge >= 0.3 is 0 Å². The molecule has 2 heterocycles. The number of hydrogen-bond donors (Lipinski definition) is 1. The topological polar surface area (TPSA) is 68.7 Å². The molecule has 0 fully saturated rings. The van der Waals surface area contributed by atoms with E-state index in [1.54, 1.807) is 14.2 Å². The quantitative estimate of drug-likeness (QED) is 0.556. The largest absolute Gasteiger partial charge is 0.497 e. The second-order valence-electron chi connectivity index (χ2n) is 8.13. The van der Waals surface area contributed by atoms with Gasteiger partial charge in [0.1, 0.15) is 17.2 Å². The van der Waals surface area contributed by atoms with Gasteiger partial charge in [0, 0.05) is 43.9 Å². The summed E-state index contributed by atoms with van der Waals surface area (Å²) >= 11 is 0. The molecule has 4 rings (SSSR count). The lowest BCUT2D eigenvalue weighted by molar-refractivity contribution is 0.239. The van der Waals surface area contributed by atoms with Crippen molar-refractivity contribution in [2.24, 2.45) is 0 Å². The van der Waals surface area contributed by atoms with Gasteiger partial charge in [-0.25, -0.2) is 9.97 Å². The van der Waals surface area contributed by atoms with Gasteiger partial charge in [0.2, 0.25) is 5.95 Å². The lowest BCUT2D eigenvalue weighted by atomic mass is 10.1. The maximum atomic E-state index is 5.74. The summed E-state index contributed by atoms with van der Waals surface area (Å²) in [7, 11) is 3.27. The van der Waals surface area contributed by atoms with E-state index in [0.717, 1.165) is 48.9 Å². The van der Waals surface area contributed by atoms with Crippen molar-refractivity contribution < 1.29 is 14.2 Å². The van der Waals surface area contributed by atoms with Crippen LogP contribution in [-0.4, -0.2) is 41.7 Å². The van der Waals surface area contributed by atoms with Crippen LogP contribution in [0.15, 0.2) is 48.7 Å². The third-order valence-corrected chi connectivity index (χ3v) is 5.37. The van der Waals surface area contributed by atoms with Crippen molar-refractivity contribution >= 4 is 11.6 Å². The van der Waals surface area contributed by atoms with Crippen LogP contribution in [0.4, 0.5) is 11.6 Å². The predicted molar refractivity (Wildman–Crippen MR) is 125 cm³/mol. The Kier molecular flexibility index (Phi) is 6.75. The maximum Gasteiger partial charge on any atom is 0.227 e. The number of fused-ring (bicyclic) bond motifs is 1. The van der Waals surface area contributed by atoms with Crippen molar-refractivity contribution in [3.63, 3.8) is 0 Å². The van der Waals surface area contributed by atoms with Gasteiger partial charge in [-0.3, -0.25) is 4.90 Å². The molecular formula is C25H30N4O3. The van der Waals surface area contributed by atoms with Gasteiger partial charge in [0.25, 0.3) is 0 Å². The van der Waals surface area contributed by atoms with E-state index < -0.39 is 0 Å². The molecule has 1 N–H and O–H groups in total. The van der Waals surface area contributed by atoms with Gasteiger partial charge < -0.3 is 19.5 Å². The van der Waals surface area contributed by atoms with Crippen LogP contribution in [0.25, 0.3) is 0 Å². The number of nitrogens with one attached hydrogen (secondary N) is 1. The minimum Gasteiger partial charge on any atom is -0.497 e. The molecule has 1 aliphatic heterocycles. The first-order valence-corrected chi connectivity index (χ1v) is 10.9. The highest BCUT2D eigenvalue weighted by atomic mass is 16.5. The third-order valence-electron chi connectivity index (χ3n) is 5.37. The molecule has 0 bridgehead atoms. The SMILES string of the molecule is COc1ccc(Nc2ncc3c(n2)CCN(Cc2ccc(OC(C)C)cc2)C3)c(OC)c1. The molecule has 1 aromatic heterocycles. The fourth-order valence-corrected chi connectivity index (χ4v) is 3.80. The van der Waals surface area contributed by atoms with E-state index in [4.69, 9.17) is 19.2 Å². The second kappa shape index (κ2) is 9.87. The Hall–Kier alpha value is -3.32. The Balaban J connectivity index is 1.40. The molecule has 3 aromatic rings. The molecule has 1 aliphatic rings.